The van der Waals surface area contributed by atoms with Crippen molar-refractivity contribution in [2.45, 2.75) is 13.8 Å². The zero-order valence-electron chi connectivity index (χ0n) is 14.7. The molecule has 132 valence electrons. The maximum atomic E-state index is 12.8. The van der Waals surface area contributed by atoms with Gasteiger partial charge < -0.3 is 15.0 Å². The van der Waals surface area contributed by atoms with Crippen molar-refractivity contribution in [3.8, 4) is 5.75 Å². The first-order valence-corrected chi connectivity index (χ1v) is 8.25. The molecule has 26 heavy (non-hydrogen) atoms. The molecular weight excluding hydrogens is 332 g/mol. The zero-order valence-corrected chi connectivity index (χ0v) is 14.7. The number of hydrogen-bond acceptors (Lipinski definition) is 4. The lowest BCUT2D eigenvalue weighted by molar-refractivity contribution is -0.120. The summed E-state index contributed by atoms with van der Waals surface area (Å²) in [5, 5.41) is 2.89. The summed E-state index contributed by atoms with van der Waals surface area (Å²) in [5.74, 6) is 0.211. The summed E-state index contributed by atoms with van der Waals surface area (Å²) < 4.78 is 7.26. The number of amides is 2. The molecule has 0 atom stereocenters. The van der Waals surface area contributed by atoms with Crippen LogP contribution in [0.25, 0.3) is 5.65 Å². The van der Waals surface area contributed by atoms with Crippen LogP contribution in [0.3, 0.4) is 0 Å². The van der Waals surface area contributed by atoms with Gasteiger partial charge in [0.1, 0.15) is 17.1 Å². The number of carbonyl (C=O) groups excluding carboxylic acids is 2. The van der Waals surface area contributed by atoms with Crippen LogP contribution in [0.2, 0.25) is 0 Å². The van der Waals surface area contributed by atoms with Crippen molar-refractivity contribution in [3.63, 3.8) is 0 Å². The van der Waals surface area contributed by atoms with E-state index in [-0.39, 0.29) is 18.4 Å². The number of anilines is 2. The summed E-state index contributed by atoms with van der Waals surface area (Å²) >= 11 is 0. The van der Waals surface area contributed by atoms with Crippen molar-refractivity contribution in [1.82, 2.24) is 9.38 Å². The molecule has 3 aromatic rings. The van der Waals surface area contributed by atoms with E-state index in [1.54, 1.807) is 34.5 Å². The predicted octanol–water partition coefficient (Wildman–Crippen LogP) is 2.56. The number of aromatic nitrogens is 2. The van der Waals surface area contributed by atoms with Gasteiger partial charge in [-0.05, 0) is 37.6 Å². The molecule has 2 aromatic heterocycles. The van der Waals surface area contributed by atoms with Gasteiger partial charge in [0.2, 0.25) is 0 Å². The Kier molecular flexibility index (Phi) is 3.64. The summed E-state index contributed by atoms with van der Waals surface area (Å²) in [4.78, 5) is 30.6. The highest BCUT2D eigenvalue weighted by molar-refractivity contribution is 6.05. The van der Waals surface area contributed by atoms with E-state index in [1.807, 2.05) is 32.2 Å². The number of imidazole rings is 1. The summed E-state index contributed by atoms with van der Waals surface area (Å²) in [6.45, 7) is 3.77. The van der Waals surface area contributed by atoms with Gasteiger partial charge in [0.25, 0.3) is 11.8 Å². The minimum atomic E-state index is -0.249. The van der Waals surface area contributed by atoms with Gasteiger partial charge in [0.05, 0.1) is 11.4 Å². The number of carbonyl (C=O) groups is 2. The smallest absolute Gasteiger partial charge is 0.274 e. The highest BCUT2D eigenvalue weighted by Gasteiger charge is 2.23. The Morgan fingerprint density at radius 1 is 1.27 bits per heavy atom. The third-order valence-corrected chi connectivity index (χ3v) is 4.54. The fourth-order valence-electron chi connectivity index (χ4n) is 3.14. The summed E-state index contributed by atoms with van der Waals surface area (Å²) in [7, 11) is 1.70. The van der Waals surface area contributed by atoms with E-state index < -0.39 is 0 Å². The van der Waals surface area contributed by atoms with E-state index in [1.165, 1.54) is 0 Å². The third kappa shape index (κ3) is 2.48. The van der Waals surface area contributed by atoms with Crippen molar-refractivity contribution < 1.29 is 14.3 Å². The second-order valence-corrected chi connectivity index (χ2v) is 6.31. The number of aryl methyl sites for hydroxylation is 2. The molecule has 3 heterocycles. The number of benzene rings is 1. The third-order valence-electron chi connectivity index (χ3n) is 4.54. The number of rotatable bonds is 2. The van der Waals surface area contributed by atoms with Crippen LogP contribution >= 0.6 is 0 Å². The van der Waals surface area contributed by atoms with Gasteiger partial charge in [-0.3, -0.25) is 14.0 Å². The number of hydrogen-bond donors (Lipinski definition) is 1. The summed E-state index contributed by atoms with van der Waals surface area (Å²) in [5.41, 5.74) is 4.21. The van der Waals surface area contributed by atoms with Gasteiger partial charge >= 0.3 is 0 Å². The summed E-state index contributed by atoms with van der Waals surface area (Å²) in [6.07, 6.45) is 1.83. The molecule has 7 nitrogen and oxygen atoms in total. The van der Waals surface area contributed by atoms with E-state index in [0.29, 0.717) is 28.5 Å². The van der Waals surface area contributed by atoms with Gasteiger partial charge in [-0.1, -0.05) is 6.07 Å². The largest absolute Gasteiger partial charge is 0.481 e. The molecule has 1 N–H and O–H groups in total. The Morgan fingerprint density at radius 3 is 2.88 bits per heavy atom. The van der Waals surface area contributed by atoms with Gasteiger partial charge in [-0.2, -0.15) is 0 Å². The molecule has 0 aliphatic carbocycles. The van der Waals surface area contributed by atoms with Crippen LogP contribution in [0.5, 0.6) is 5.75 Å². The van der Waals surface area contributed by atoms with Gasteiger partial charge in [-0.25, -0.2) is 4.98 Å². The number of nitrogens with one attached hydrogen (secondary N) is 1. The fraction of sp³-hybridized carbons (Fsp3) is 0.211. The number of ether oxygens (including phenoxy) is 1. The van der Waals surface area contributed by atoms with Crippen LogP contribution in [0.15, 0.2) is 36.5 Å². The minimum Gasteiger partial charge on any atom is -0.481 e. The Labute approximate surface area is 150 Å². The molecule has 0 radical (unpaired) electrons. The number of likely N-dealkylation sites (N-methyl/N-ethyl adjacent to an activating group) is 1. The second-order valence-electron chi connectivity index (χ2n) is 6.31. The lowest BCUT2D eigenvalue weighted by Crippen LogP contribution is -2.35. The first-order valence-electron chi connectivity index (χ1n) is 8.25. The Morgan fingerprint density at radius 2 is 2.08 bits per heavy atom. The predicted molar refractivity (Wildman–Crippen MR) is 98.0 cm³/mol. The van der Waals surface area contributed by atoms with Gasteiger partial charge in [0.15, 0.2) is 6.61 Å². The number of fused-ring (bicyclic) bond motifs is 2. The zero-order chi connectivity index (χ0) is 18.4. The van der Waals surface area contributed by atoms with Crippen LogP contribution in [-0.2, 0) is 4.79 Å². The molecular formula is C19H18N4O3. The van der Waals surface area contributed by atoms with E-state index in [0.717, 1.165) is 11.2 Å². The Bertz CT molecular complexity index is 1050. The van der Waals surface area contributed by atoms with E-state index in [4.69, 9.17) is 4.74 Å². The standard InChI is InChI=1S/C19H18N4O3/c1-11-5-4-8-23-17(12(2)20-18(11)23)19(25)21-13-6-7-14-15(9-13)26-10-16(24)22(14)3/h4-9H,10H2,1-3H3,(H,21,25). The highest BCUT2D eigenvalue weighted by atomic mass is 16.5. The molecule has 1 aromatic carbocycles. The maximum Gasteiger partial charge on any atom is 0.274 e. The average Bonchev–Trinajstić information content (AvgIpc) is 2.96. The topological polar surface area (TPSA) is 75.9 Å². The van der Waals surface area contributed by atoms with Crippen LogP contribution < -0.4 is 15.0 Å². The lowest BCUT2D eigenvalue weighted by Gasteiger charge is -2.26. The lowest BCUT2D eigenvalue weighted by atomic mass is 10.2. The second kappa shape index (κ2) is 5.87. The number of nitrogens with zero attached hydrogens (tertiary/aromatic N) is 3. The Hall–Kier alpha value is -3.35. The molecule has 0 saturated heterocycles. The molecule has 0 unspecified atom stereocenters. The van der Waals surface area contributed by atoms with Crippen molar-refractivity contribution in [1.29, 1.82) is 0 Å². The van der Waals surface area contributed by atoms with E-state index >= 15 is 0 Å². The normalized spacial score (nSPS) is 13.5. The van der Waals surface area contributed by atoms with E-state index in [2.05, 4.69) is 10.3 Å². The molecule has 1 aliphatic rings. The molecule has 1 aliphatic heterocycles. The van der Waals surface area contributed by atoms with Crippen LogP contribution in [-0.4, -0.2) is 34.9 Å². The molecule has 7 heteroatoms. The molecule has 0 saturated carbocycles. The quantitative estimate of drug-likeness (QED) is 0.771. The van der Waals surface area contributed by atoms with Crippen molar-refractivity contribution in [2.75, 3.05) is 23.9 Å². The SMILES string of the molecule is Cc1nc2c(C)cccn2c1C(=O)Nc1ccc2c(c1)OCC(=O)N2C. The first kappa shape index (κ1) is 16.1. The molecule has 0 fully saturated rings. The van der Waals surface area contributed by atoms with E-state index in [9.17, 15) is 9.59 Å². The maximum absolute atomic E-state index is 12.8. The van der Waals surface area contributed by atoms with Gasteiger partial charge in [-0.15, -0.1) is 0 Å². The van der Waals surface area contributed by atoms with Crippen LogP contribution in [0.1, 0.15) is 21.7 Å². The van der Waals surface area contributed by atoms with Gasteiger partial charge in [0, 0.05) is 25.0 Å². The van der Waals surface area contributed by atoms with Crippen LogP contribution in [0, 0.1) is 13.8 Å². The average molecular weight is 350 g/mol. The molecule has 0 bridgehead atoms. The summed E-state index contributed by atoms with van der Waals surface area (Å²) in [6, 6.07) is 9.08. The Balaban J connectivity index is 1.67. The van der Waals surface area contributed by atoms with Crippen LogP contribution in [0.4, 0.5) is 11.4 Å². The van der Waals surface area contributed by atoms with Crippen molar-refractivity contribution in [3.05, 3.63) is 53.5 Å². The fourth-order valence-corrected chi connectivity index (χ4v) is 3.14. The van der Waals surface area contributed by atoms with Crippen molar-refractivity contribution in [2.24, 2.45) is 0 Å². The van der Waals surface area contributed by atoms with Crippen molar-refractivity contribution >= 4 is 28.8 Å². The number of pyridine rings is 1. The minimum absolute atomic E-state index is 0.00740. The first-order chi connectivity index (χ1) is 12.5. The molecule has 4 rings (SSSR count). The monoisotopic (exact) mass is 350 g/mol. The molecule has 2 amide bonds. The highest BCUT2D eigenvalue weighted by Crippen LogP contribution is 2.33. The molecule has 0 spiro atoms.